The molecule has 2 nitrogen and oxygen atoms in total. The van der Waals surface area contributed by atoms with Gasteiger partial charge >= 0.3 is 0 Å². The highest BCUT2D eigenvalue weighted by Crippen LogP contribution is 2.31. The molecule has 0 N–H and O–H groups in total. The van der Waals surface area contributed by atoms with E-state index in [9.17, 15) is 0 Å². The molecule has 0 radical (unpaired) electrons. The van der Waals surface area contributed by atoms with Crippen molar-refractivity contribution in [1.82, 2.24) is 0 Å². The Hall–Kier alpha value is -0.520. The molecule has 2 heteroatoms. The van der Waals surface area contributed by atoms with Gasteiger partial charge in [-0.25, -0.2) is 0 Å². The van der Waals surface area contributed by atoms with Gasteiger partial charge in [-0.15, -0.1) is 5.92 Å². The molecular formula is C12H18O2. The maximum absolute atomic E-state index is 5.49. The van der Waals surface area contributed by atoms with E-state index < -0.39 is 0 Å². The van der Waals surface area contributed by atoms with Crippen LogP contribution in [0.1, 0.15) is 38.5 Å². The van der Waals surface area contributed by atoms with Gasteiger partial charge in [-0.1, -0.05) is 5.92 Å². The Bertz CT molecular complexity index is 216. The minimum absolute atomic E-state index is 0.0129. The van der Waals surface area contributed by atoms with Gasteiger partial charge in [-0.3, -0.25) is 0 Å². The molecule has 2 rings (SSSR count). The number of hydrogen-bond donors (Lipinski definition) is 0. The minimum atomic E-state index is 0.0129. The second kappa shape index (κ2) is 5.38. The lowest BCUT2D eigenvalue weighted by Crippen LogP contribution is -2.22. The van der Waals surface area contributed by atoms with Gasteiger partial charge in [-0.05, 0) is 38.0 Å². The van der Waals surface area contributed by atoms with Crippen LogP contribution in [0, 0.1) is 17.8 Å². The zero-order chi connectivity index (χ0) is 9.64. The molecule has 2 fully saturated rings. The van der Waals surface area contributed by atoms with Gasteiger partial charge < -0.3 is 9.47 Å². The molecule has 1 unspecified atom stereocenters. The molecule has 1 heterocycles. The van der Waals surface area contributed by atoms with Crippen molar-refractivity contribution in [2.75, 3.05) is 13.2 Å². The van der Waals surface area contributed by atoms with E-state index in [0.717, 1.165) is 25.4 Å². The second-order valence-corrected chi connectivity index (χ2v) is 4.11. The van der Waals surface area contributed by atoms with Crippen LogP contribution in [0.15, 0.2) is 0 Å². The third-order valence-corrected chi connectivity index (χ3v) is 2.69. The second-order valence-electron chi connectivity index (χ2n) is 4.11. The summed E-state index contributed by atoms with van der Waals surface area (Å²) in [7, 11) is 0. The van der Waals surface area contributed by atoms with Crippen molar-refractivity contribution in [2.45, 2.75) is 44.8 Å². The zero-order valence-electron chi connectivity index (χ0n) is 8.63. The molecule has 0 spiro atoms. The van der Waals surface area contributed by atoms with Crippen molar-refractivity contribution < 1.29 is 9.47 Å². The smallest absolute Gasteiger partial charge is 0.158 e. The van der Waals surface area contributed by atoms with Crippen LogP contribution in [0.2, 0.25) is 0 Å². The summed E-state index contributed by atoms with van der Waals surface area (Å²) in [6.45, 7) is 1.39. The Kier molecular flexibility index (Phi) is 3.85. The lowest BCUT2D eigenvalue weighted by molar-refractivity contribution is -0.154. The third kappa shape index (κ3) is 3.69. The first-order chi connectivity index (χ1) is 6.95. The van der Waals surface area contributed by atoms with Crippen molar-refractivity contribution >= 4 is 0 Å². The van der Waals surface area contributed by atoms with Gasteiger partial charge in [0.15, 0.2) is 6.29 Å². The predicted octanol–water partition coefficient (Wildman–Crippen LogP) is 2.33. The maximum atomic E-state index is 5.49. The van der Waals surface area contributed by atoms with Gasteiger partial charge in [0.1, 0.15) is 6.61 Å². The highest BCUT2D eigenvalue weighted by molar-refractivity contribution is 5.02. The molecule has 0 aromatic rings. The molecule has 1 aliphatic heterocycles. The molecule has 1 atom stereocenters. The normalized spacial score (nSPS) is 26.7. The van der Waals surface area contributed by atoms with E-state index in [-0.39, 0.29) is 6.29 Å². The fourth-order valence-electron chi connectivity index (χ4n) is 1.57. The summed E-state index contributed by atoms with van der Waals surface area (Å²) < 4.78 is 10.9. The van der Waals surface area contributed by atoms with E-state index in [1.807, 2.05) is 0 Å². The lowest BCUT2D eigenvalue weighted by atomic mass is 10.2. The molecule has 1 saturated heterocycles. The molecule has 78 valence electrons. The van der Waals surface area contributed by atoms with Crippen molar-refractivity contribution in [1.29, 1.82) is 0 Å². The number of rotatable bonds is 3. The highest BCUT2D eigenvalue weighted by Gasteiger charge is 2.19. The van der Waals surface area contributed by atoms with E-state index >= 15 is 0 Å². The first-order valence-electron chi connectivity index (χ1n) is 5.64. The van der Waals surface area contributed by atoms with E-state index in [4.69, 9.17) is 9.47 Å². The van der Waals surface area contributed by atoms with Crippen molar-refractivity contribution in [2.24, 2.45) is 5.92 Å². The minimum Gasteiger partial charge on any atom is -0.353 e. The van der Waals surface area contributed by atoms with Crippen LogP contribution >= 0.6 is 0 Å². The summed E-state index contributed by atoms with van der Waals surface area (Å²) in [5.41, 5.74) is 0. The number of ether oxygens (including phenoxy) is 2. The van der Waals surface area contributed by atoms with Crippen LogP contribution in [-0.2, 0) is 9.47 Å². The van der Waals surface area contributed by atoms with Crippen LogP contribution < -0.4 is 0 Å². The first-order valence-corrected chi connectivity index (χ1v) is 5.64. The first kappa shape index (κ1) is 10.0. The summed E-state index contributed by atoms with van der Waals surface area (Å²) in [4.78, 5) is 0. The van der Waals surface area contributed by atoms with E-state index in [2.05, 4.69) is 11.8 Å². The van der Waals surface area contributed by atoms with Crippen LogP contribution in [0.4, 0.5) is 0 Å². The van der Waals surface area contributed by atoms with Gasteiger partial charge in [0.2, 0.25) is 0 Å². The summed E-state index contributed by atoms with van der Waals surface area (Å²) in [6.07, 6.45) is 7.26. The SMILES string of the molecule is C(#CCC1CC1)COC1CCCCO1. The predicted molar refractivity (Wildman–Crippen MR) is 54.7 cm³/mol. The molecule has 2 aliphatic rings. The summed E-state index contributed by atoms with van der Waals surface area (Å²) in [5.74, 6) is 7.10. The average molecular weight is 194 g/mol. The standard InChI is InChI=1S/C12H18O2/c1(5-11-7-8-11)3-9-13-12-6-2-4-10-14-12/h11-12H,2,4-10H2. The molecule has 1 aliphatic carbocycles. The molecule has 14 heavy (non-hydrogen) atoms. The molecule has 1 saturated carbocycles. The number of hydrogen-bond acceptors (Lipinski definition) is 2. The Balaban J connectivity index is 1.53. The summed E-state index contributed by atoms with van der Waals surface area (Å²) >= 11 is 0. The third-order valence-electron chi connectivity index (χ3n) is 2.69. The molecule has 0 aromatic heterocycles. The van der Waals surface area contributed by atoms with Gasteiger partial charge in [-0.2, -0.15) is 0 Å². The average Bonchev–Trinajstić information content (AvgIpc) is 3.03. The topological polar surface area (TPSA) is 18.5 Å². The Labute approximate surface area is 86.0 Å². The monoisotopic (exact) mass is 194 g/mol. The Morgan fingerprint density at radius 2 is 2.07 bits per heavy atom. The van der Waals surface area contributed by atoms with Gasteiger partial charge in [0.05, 0.1) is 0 Å². The van der Waals surface area contributed by atoms with E-state index in [1.165, 1.54) is 25.7 Å². The molecule has 0 amide bonds. The summed E-state index contributed by atoms with van der Waals surface area (Å²) in [6, 6.07) is 0. The Morgan fingerprint density at radius 3 is 2.79 bits per heavy atom. The summed E-state index contributed by atoms with van der Waals surface area (Å²) in [5, 5.41) is 0. The van der Waals surface area contributed by atoms with Crippen molar-refractivity contribution in [3.05, 3.63) is 0 Å². The highest BCUT2D eigenvalue weighted by atomic mass is 16.7. The maximum Gasteiger partial charge on any atom is 0.158 e. The van der Waals surface area contributed by atoms with E-state index in [1.54, 1.807) is 0 Å². The zero-order valence-corrected chi connectivity index (χ0v) is 8.63. The van der Waals surface area contributed by atoms with Crippen LogP contribution in [0.3, 0.4) is 0 Å². The lowest BCUT2D eigenvalue weighted by Gasteiger charge is -2.21. The van der Waals surface area contributed by atoms with Gasteiger partial charge in [0, 0.05) is 13.0 Å². The molecular weight excluding hydrogens is 176 g/mol. The Morgan fingerprint density at radius 1 is 1.14 bits per heavy atom. The fourth-order valence-corrected chi connectivity index (χ4v) is 1.57. The van der Waals surface area contributed by atoms with Crippen molar-refractivity contribution in [3.63, 3.8) is 0 Å². The van der Waals surface area contributed by atoms with E-state index in [0.29, 0.717) is 6.61 Å². The van der Waals surface area contributed by atoms with Crippen molar-refractivity contribution in [3.8, 4) is 11.8 Å². The van der Waals surface area contributed by atoms with Crippen LogP contribution in [-0.4, -0.2) is 19.5 Å². The molecule has 0 bridgehead atoms. The van der Waals surface area contributed by atoms with Gasteiger partial charge in [0.25, 0.3) is 0 Å². The fraction of sp³-hybridized carbons (Fsp3) is 0.833. The largest absolute Gasteiger partial charge is 0.353 e. The van der Waals surface area contributed by atoms with Crippen LogP contribution in [0.5, 0.6) is 0 Å². The quantitative estimate of drug-likeness (QED) is 0.642. The molecule has 0 aromatic carbocycles. The van der Waals surface area contributed by atoms with Crippen LogP contribution in [0.25, 0.3) is 0 Å².